The summed E-state index contributed by atoms with van der Waals surface area (Å²) in [6.45, 7) is 0. The van der Waals surface area contributed by atoms with Gasteiger partial charge in [0.05, 0.1) is 66.2 Å². The van der Waals surface area contributed by atoms with Crippen LogP contribution in [0.3, 0.4) is 0 Å². The summed E-state index contributed by atoms with van der Waals surface area (Å²) in [6.07, 6.45) is 0. The summed E-state index contributed by atoms with van der Waals surface area (Å²) in [5.74, 6) is 0. The maximum Gasteiger partial charge on any atom is 0.490 e. The van der Waals surface area contributed by atoms with Crippen molar-refractivity contribution < 1.29 is 20.1 Å². The second kappa shape index (κ2) is 40.3. The molecule has 0 spiro atoms. The van der Waals surface area contributed by atoms with Crippen LogP contribution in [0.1, 0.15) is 0 Å². The number of benzene rings is 20. The number of para-hydroxylation sites is 18. The smallest absolute Gasteiger partial charge is 0.423 e. The normalized spacial score (nSPS) is 11.2. The molecule has 0 bridgehead atoms. The first-order valence-electron chi connectivity index (χ1n) is 44.9. The molecule has 0 aliphatic rings. The Balaban J connectivity index is 0.000000108. The van der Waals surface area contributed by atoms with Gasteiger partial charge in [-0.15, -0.1) is 0 Å². The number of fused-ring (bicyclic) bond motifs is 18. The van der Waals surface area contributed by atoms with E-state index in [2.05, 4.69) is 456 Å². The summed E-state index contributed by atoms with van der Waals surface area (Å²) in [5, 5.41) is 53.5. The van der Waals surface area contributed by atoms with Crippen LogP contribution in [0.5, 0.6) is 0 Å². The van der Waals surface area contributed by atoms with E-state index in [-0.39, 0.29) is 7.43 Å². The monoisotopic (exact) mass is 2120 g/mol. The van der Waals surface area contributed by atoms with Gasteiger partial charge < -0.3 is 54.9 Å². The number of hydrogen-bond acceptors (Lipinski definition) is 4. The SMILES string of the molecule is Brc1cccc2c3ccccc3n(-c3ccccc3)c12.Brc1cccc2c3ccccc3n(-c3ccccc3)c12.Ic1cccc(I)c1.OB(O)c1cccc2c3ccccc3n(-c3ccccc3)c12.OB(O)c1cccc2c3ccccc3n(-c3ccccc3)c12.[CH3-].c1ccc(-n2c3ccccc3c3cccc(-c4cccc(-c5cccc6c7ccccc7n(-c7ccccc7)c56)c4)c32)cc1. The van der Waals surface area contributed by atoms with Crippen LogP contribution in [0.2, 0.25) is 0 Å². The Morgan fingerprint density at radius 1 is 0.182 bits per heavy atom. The standard InChI is InChI=1S/C42H28N2.2C18H14BNO2.2C18H12BrN.C6H4I2.CH3/c1-3-16-31(17-4-1)43-39-26-9-7-20-35(39)37-24-12-22-33(41(37)43)29-14-11-15-30(28-29)34-23-13-25-38-36-21-8-10-27-40(36)44(42(34)38)32-18-5-2-6-19-32;2*21-19(22)16-11-6-10-15-14-9-4-5-12-17(14)20(18(15)16)13-7-2-1-3-8-13;2*19-16-11-6-10-15-14-9-4-5-12-17(14)20(18(15)16)13-7-2-1-3-8-13;7-5-2-1-3-6(8)4-5;/h1-28H;2*1-12,21-22H;2*1-12H;1-4H;1H3/q;;;;;;-1. The van der Waals surface area contributed by atoms with Gasteiger partial charge in [-0.25, -0.2) is 0 Å². The molecule has 0 atom stereocenters. The predicted molar refractivity (Wildman–Crippen MR) is 602 cm³/mol. The van der Waals surface area contributed by atoms with Gasteiger partial charge in [-0.2, -0.15) is 0 Å². The van der Waals surface area contributed by atoms with Crippen LogP contribution in [0.25, 0.3) is 187 Å². The minimum absolute atomic E-state index is 0. The van der Waals surface area contributed by atoms with Gasteiger partial charge in [-0.1, -0.05) is 340 Å². The molecule has 26 aromatic rings. The molecule has 137 heavy (non-hydrogen) atoms. The van der Waals surface area contributed by atoms with Crippen LogP contribution in [0, 0.1) is 14.6 Å². The molecule has 20 aromatic carbocycles. The highest BCUT2D eigenvalue weighted by Crippen LogP contribution is 2.45. The molecule has 0 aliphatic heterocycles. The fourth-order valence-electron chi connectivity index (χ4n) is 19.3. The van der Waals surface area contributed by atoms with Gasteiger partial charge in [0.25, 0.3) is 0 Å². The Bertz CT molecular complexity index is 8370. The van der Waals surface area contributed by atoms with Gasteiger partial charge in [-0.05, 0) is 234 Å². The Morgan fingerprint density at radius 2 is 0.380 bits per heavy atom. The highest BCUT2D eigenvalue weighted by molar-refractivity contribution is 14.1. The Hall–Kier alpha value is -14.4. The molecule has 660 valence electrons. The molecule has 0 radical (unpaired) electrons. The summed E-state index contributed by atoms with van der Waals surface area (Å²) >= 11 is 12.0. The summed E-state index contributed by atoms with van der Waals surface area (Å²) in [4.78, 5) is 0. The van der Waals surface area contributed by atoms with Crippen molar-refractivity contribution >= 4 is 233 Å². The zero-order valence-corrected chi connectivity index (χ0v) is 81.8. The summed E-state index contributed by atoms with van der Waals surface area (Å²) < 4.78 is 18.5. The molecule has 6 aromatic heterocycles. The lowest BCUT2D eigenvalue weighted by Crippen LogP contribution is -2.31. The van der Waals surface area contributed by atoms with Crippen LogP contribution in [-0.2, 0) is 0 Å². The molecular weight excluding hydrogens is 2040 g/mol. The Kier molecular flexibility index (Phi) is 26.6. The average molecular weight is 2120 g/mol. The van der Waals surface area contributed by atoms with Gasteiger partial charge in [0.15, 0.2) is 0 Å². The topological polar surface area (TPSA) is 111 Å². The molecule has 0 saturated heterocycles. The molecule has 0 saturated carbocycles. The molecule has 16 heteroatoms. The predicted octanol–water partition coefficient (Wildman–Crippen LogP) is 30.6. The van der Waals surface area contributed by atoms with Gasteiger partial charge >= 0.3 is 14.2 Å². The molecule has 0 unspecified atom stereocenters. The van der Waals surface area contributed by atoms with E-state index in [0.717, 1.165) is 63.9 Å². The first-order valence-corrected chi connectivity index (χ1v) is 48.7. The van der Waals surface area contributed by atoms with E-state index in [1.807, 2.05) is 121 Å². The second-order valence-corrected chi connectivity index (χ2v) is 37.3. The van der Waals surface area contributed by atoms with Gasteiger partial charge in [0, 0.05) is 137 Å². The highest BCUT2D eigenvalue weighted by atomic mass is 127. The quantitative estimate of drug-likeness (QED) is 0.0621. The van der Waals surface area contributed by atoms with E-state index in [9.17, 15) is 20.1 Å². The fourth-order valence-corrected chi connectivity index (χ4v) is 22.1. The molecular formula is C121H87B2Br2I2N6O4-. The van der Waals surface area contributed by atoms with Crippen molar-refractivity contribution in [2.45, 2.75) is 0 Å². The number of halogens is 4. The number of aromatic nitrogens is 6. The molecule has 0 fully saturated rings. The molecule has 0 aliphatic carbocycles. The first-order chi connectivity index (χ1) is 66.9. The maximum absolute atomic E-state index is 9.76. The van der Waals surface area contributed by atoms with E-state index in [1.165, 1.54) is 139 Å². The summed E-state index contributed by atoms with van der Waals surface area (Å²) in [7, 11) is -3.01. The van der Waals surface area contributed by atoms with E-state index >= 15 is 0 Å². The molecule has 26 rings (SSSR count). The van der Waals surface area contributed by atoms with Crippen molar-refractivity contribution in [3.8, 4) is 56.4 Å². The third-order valence-electron chi connectivity index (χ3n) is 25.0. The van der Waals surface area contributed by atoms with Crippen molar-refractivity contribution in [1.29, 1.82) is 0 Å². The fraction of sp³-hybridized carbons (Fsp3) is 0. The minimum Gasteiger partial charge on any atom is -0.423 e. The minimum atomic E-state index is -1.50. The van der Waals surface area contributed by atoms with Gasteiger partial charge in [-0.3, -0.25) is 0 Å². The van der Waals surface area contributed by atoms with E-state index in [4.69, 9.17) is 0 Å². The number of hydrogen-bond donors (Lipinski definition) is 4. The third kappa shape index (κ3) is 17.5. The average Bonchev–Trinajstić information content (AvgIpc) is 1.57. The summed E-state index contributed by atoms with van der Waals surface area (Å²) in [6, 6.07) is 168. The summed E-state index contributed by atoms with van der Waals surface area (Å²) in [5.41, 5.74) is 26.2. The zero-order chi connectivity index (χ0) is 92.3. The van der Waals surface area contributed by atoms with Gasteiger partial charge in [0.2, 0.25) is 0 Å². The Labute approximate surface area is 837 Å². The lowest BCUT2D eigenvalue weighted by atomic mass is 9.79. The van der Waals surface area contributed by atoms with Crippen molar-refractivity contribution in [1.82, 2.24) is 27.4 Å². The largest absolute Gasteiger partial charge is 0.490 e. The van der Waals surface area contributed by atoms with E-state index in [0.29, 0.717) is 10.9 Å². The molecule has 0 amide bonds. The van der Waals surface area contributed by atoms with E-state index < -0.39 is 14.2 Å². The van der Waals surface area contributed by atoms with Crippen LogP contribution in [0.15, 0.2) is 494 Å². The Morgan fingerprint density at radius 3 is 0.635 bits per heavy atom. The molecule has 6 heterocycles. The lowest BCUT2D eigenvalue weighted by Gasteiger charge is -2.14. The second-order valence-electron chi connectivity index (χ2n) is 33.1. The maximum atomic E-state index is 9.76. The van der Waals surface area contributed by atoms with Crippen LogP contribution >= 0.6 is 77.0 Å². The lowest BCUT2D eigenvalue weighted by molar-refractivity contribution is 0.425. The highest BCUT2D eigenvalue weighted by Gasteiger charge is 2.26. The van der Waals surface area contributed by atoms with Crippen LogP contribution in [0.4, 0.5) is 0 Å². The van der Waals surface area contributed by atoms with Crippen LogP contribution < -0.4 is 10.9 Å². The van der Waals surface area contributed by atoms with Crippen LogP contribution in [-0.4, -0.2) is 61.7 Å². The van der Waals surface area contributed by atoms with Gasteiger partial charge in [0.1, 0.15) is 0 Å². The number of nitrogens with zero attached hydrogens (tertiary/aromatic N) is 6. The third-order valence-corrected chi connectivity index (χ3v) is 27.7. The van der Waals surface area contributed by atoms with E-state index in [1.54, 1.807) is 12.1 Å². The molecule has 10 nitrogen and oxygen atoms in total. The van der Waals surface area contributed by atoms with Crippen molar-refractivity contribution in [3.63, 3.8) is 0 Å². The van der Waals surface area contributed by atoms with Crippen molar-refractivity contribution in [3.05, 3.63) is 509 Å². The first kappa shape index (κ1) is 90.4. The zero-order valence-electron chi connectivity index (χ0n) is 74.3. The number of rotatable bonds is 10. The van der Waals surface area contributed by atoms with Crippen molar-refractivity contribution in [2.75, 3.05) is 0 Å². The molecule has 4 N–H and O–H groups in total. The van der Waals surface area contributed by atoms with Crippen molar-refractivity contribution in [2.24, 2.45) is 0 Å².